The minimum Gasteiger partial charge on any atom is -0.457 e. The molecule has 0 aromatic heterocycles. The SMILES string of the molecule is Nc1ccc(Oc2ccc(-c3cccc(S(=O)(=O)c4cccc(-c5ccc(Oc6ccc(N)cc6)cc5)c4-c4ccc(Oc5ccc(N)cc5)cc4)c3-c3ccc(Oc4ccc(N)cc4)cc3)cc2)cc1. The molecule has 10 rings (SSSR count). The fourth-order valence-electron chi connectivity index (χ4n) is 8.18. The van der Waals surface area contributed by atoms with Crippen LogP contribution in [0.2, 0.25) is 0 Å². The molecular weight excluding hydrogens is 905 g/mol. The van der Waals surface area contributed by atoms with Crippen LogP contribution >= 0.6 is 0 Å². The number of benzene rings is 10. The predicted octanol–water partition coefficient (Wildman–Crippen LogP) is 14.7. The molecule has 10 aromatic carbocycles. The molecule has 0 aliphatic carbocycles. The summed E-state index contributed by atoms with van der Waals surface area (Å²) >= 11 is 0. The molecule has 0 radical (unpaired) electrons. The van der Waals surface area contributed by atoms with E-state index in [9.17, 15) is 0 Å². The molecule has 0 saturated carbocycles. The van der Waals surface area contributed by atoms with Crippen LogP contribution in [-0.4, -0.2) is 8.42 Å². The number of rotatable bonds is 14. The van der Waals surface area contributed by atoms with Gasteiger partial charge in [0.25, 0.3) is 0 Å². The van der Waals surface area contributed by atoms with E-state index < -0.39 is 9.84 Å². The van der Waals surface area contributed by atoms with E-state index in [4.69, 9.17) is 41.9 Å². The van der Waals surface area contributed by atoms with Crippen molar-refractivity contribution in [3.63, 3.8) is 0 Å². The third kappa shape index (κ3) is 10.2. The van der Waals surface area contributed by atoms with Gasteiger partial charge in [-0.2, -0.15) is 0 Å². The van der Waals surface area contributed by atoms with Crippen LogP contribution in [0.4, 0.5) is 22.7 Å². The summed E-state index contributed by atoms with van der Waals surface area (Å²) in [5.41, 5.74) is 31.4. The molecule has 348 valence electrons. The van der Waals surface area contributed by atoms with Crippen molar-refractivity contribution in [1.82, 2.24) is 0 Å². The number of hydrogen-bond acceptors (Lipinski definition) is 10. The molecule has 0 bridgehead atoms. The van der Waals surface area contributed by atoms with E-state index in [-0.39, 0.29) is 9.79 Å². The van der Waals surface area contributed by atoms with Crippen molar-refractivity contribution >= 4 is 32.6 Å². The van der Waals surface area contributed by atoms with Gasteiger partial charge >= 0.3 is 0 Å². The molecule has 0 aliphatic rings. The third-order valence-corrected chi connectivity index (χ3v) is 13.5. The highest BCUT2D eigenvalue weighted by Crippen LogP contribution is 2.45. The Bertz CT molecular complexity index is 3340. The highest BCUT2D eigenvalue weighted by molar-refractivity contribution is 7.91. The van der Waals surface area contributed by atoms with Gasteiger partial charge in [-0.3, -0.25) is 0 Å². The van der Waals surface area contributed by atoms with Gasteiger partial charge in [-0.15, -0.1) is 0 Å². The van der Waals surface area contributed by atoms with Gasteiger partial charge in [-0.05, 0) is 191 Å². The first-order chi connectivity index (χ1) is 34.5. The lowest BCUT2D eigenvalue weighted by atomic mass is 9.94. The highest BCUT2D eigenvalue weighted by Gasteiger charge is 2.29. The Balaban J connectivity index is 1.09. The quantitative estimate of drug-likeness (QED) is 0.0768. The zero-order valence-corrected chi connectivity index (χ0v) is 38.9. The van der Waals surface area contributed by atoms with Crippen LogP contribution in [0.25, 0.3) is 44.5 Å². The summed E-state index contributed by atoms with van der Waals surface area (Å²) in [5.74, 6) is 4.81. The van der Waals surface area contributed by atoms with E-state index in [1.54, 1.807) is 121 Å². The predicted molar refractivity (Wildman–Crippen MR) is 284 cm³/mol. The molecule has 0 aliphatic heterocycles. The molecule has 0 unspecified atom stereocenters. The first-order valence-corrected chi connectivity index (χ1v) is 24.1. The minimum atomic E-state index is -4.34. The molecule has 0 atom stereocenters. The van der Waals surface area contributed by atoms with Crippen LogP contribution in [0.3, 0.4) is 0 Å². The fraction of sp³-hybridized carbons (Fsp3) is 0. The largest absolute Gasteiger partial charge is 0.457 e. The smallest absolute Gasteiger partial charge is 0.207 e. The fourth-order valence-corrected chi connectivity index (χ4v) is 9.92. The molecule has 0 amide bonds. The van der Waals surface area contributed by atoms with Gasteiger partial charge in [0.15, 0.2) is 0 Å². The van der Waals surface area contributed by atoms with Crippen molar-refractivity contribution < 1.29 is 27.4 Å². The van der Waals surface area contributed by atoms with Gasteiger partial charge < -0.3 is 41.9 Å². The van der Waals surface area contributed by atoms with Gasteiger partial charge in [0, 0.05) is 33.9 Å². The van der Waals surface area contributed by atoms with Crippen LogP contribution in [0.15, 0.2) is 240 Å². The van der Waals surface area contributed by atoms with E-state index in [0.717, 1.165) is 11.1 Å². The van der Waals surface area contributed by atoms with Gasteiger partial charge in [0.1, 0.15) is 46.0 Å². The zero-order chi connectivity index (χ0) is 48.9. The molecule has 71 heavy (non-hydrogen) atoms. The average Bonchev–Trinajstić information content (AvgIpc) is 3.39. The molecule has 10 aromatic rings. The lowest BCUT2D eigenvalue weighted by Gasteiger charge is -2.20. The number of hydrogen-bond donors (Lipinski definition) is 4. The summed E-state index contributed by atoms with van der Waals surface area (Å²) < 4.78 is 56.4. The van der Waals surface area contributed by atoms with Gasteiger partial charge in [0.05, 0.1) is 9.79 Å². The van der Waals surface area contributed by atoms with Crippen LogP contribution in [0.1, 0.15) is 0 Å². The molecule has 0 fully saturated rings. The van der Waals surface area contributed by atoms with Crippen LogP contribution in [-0.2, 0) is 9.84 Å². The number of nitrogen functional groups attached to an aromatic ring is 4. The van der Waals surface area contributed by atoms with E-state index in [2.05, 4.69) is 0 Å². The summed E-state index contributed by atoms with van der Waals surface area (Å²) in [6, 6.07) is 69.1. The summed E-state index contributed by atoms with van der Waals surface area (Å²) in [7, 11) is -4.34. The van der Waals surface area contributed by atoms with Gasteiger partial charge in [-0.1, -0.05) is 72.8 Å². The van der Waals surface area contributed by atoms with Crippen molar-refractivity contribution in [2.45, 2.75) is 9.79 Å². The van der Waals surface area contributed by atoms with E-state index >= 15 is 8.42 Å². The van der Waals surface area contributed by atoms with Crippen LogP contribution in [0.5, 0.6) is 46.0 Å². The average molecular weight is 951 g/mol. The standard InChI is InChI=1S/C60H46N4O6S/c61-43-15-31-51(32-16-43)67-47-23-7-39(8-24-47)55-3-1-5-57(59(55)41-11-27-49(28-12-41)69-53-35-19-45(63)20-36-53)71(65,66)58-6-2-4-56(40-9-25-48(26-10-40)68-52-33-17-44(62)18-34-52)60(58)42-13-29-50(30-14-42)70-54-37-21-46(64)22-38-54/h1-38H,61-64H2. The maximum atomic E-state index is 15.9. The van der Waals surface area contributed by atoms with Crippen molar-refractivity contribution in [3.05, 3.63) is 231 Å². The first kappa shape index (κ1) is 45.3. The lowest BCUT2D eigenvalue weighted by Crippen LogP contribution is -2.08. The normalized spacial score (nSPS) is 11.2. The molecule has 0 spiro atoms. The molecule has 8 N–H and O–H groups in total. The number of nitrogens with two attached hydrogens (primary N) is 4. The number of ether oxygens (including phenoxy) is 4. The third-order valence-electron chi connectivity index (χ3n) is 11.7. The monoisotopic (exact) mass is 950 g/mol. The second kappa shape index (κ2) is 19.6. The van der Waals surface area contributed by atoms with Crippen LogP contribution < -0.4 is 41.9 Å². The number of sulfone groups is 1. The Morgan fingerprint density at radius 3 is 0.704 bits per heavy atom. The second-order valence-electron chi connectivity index (χ2n) is 16.6. The molecule has 11 heteroatoms. The Morgan fingerprint density at radius 1 is 0.254 bits per heavy atom. The second-order valence-corrected chi connectivity index (χ2v) is 18.5. The molecule has 10 nitrogen and oxygen atoms in total. The van der Waals surface area contributed by atoms with Crippen molar-refractivity contribution in [2.75, 3.05) is 22.9 Å². The zero-order valence-electron chi connectivity index (χ0n) is 38.1. The van der Waals surface area contributed by atoms with Crippen molar-refractivity contribution in [3.8, 4) is 90.5 Å². The van der Waals surface area contributed by atoms with Gasteiger partial charge in [-0.25, -0.2) is 8.42 Å². The Hall–Kier alpha value is -9.45. The molecular formula is C60H46N4O6S. The van der Waals surface area contributed by atoms with Gasteiger partial charge in [0.2, 0.25) is 9.84 Å². The molecule has 0 saturated heterocycles. The minimum absolute atomic E-state index is 0.110. The summed E-state index contributed by atoms with van der Waals surface area (Å²) in [4.78, 5) is 0.219. The maximum Gasteiger partial charge on any atom is 0.207 e. The van der Waals surface area contributed by atoms with Crippen molar-refractivity contribution in [2.24, 2.45) is 0 Å². The summed E-state index contributed by atoms with van der Waals surface area (Å²) in [5, 5.41) is 0. The summed E-state index contributed by atoms with van der Waals surface area (Å²) in [6.07, 6.45) is 0. The van der Waals surface area contributed by atoms with Crippen molar-refractivity contribution in [1.29, 1.82) is 0 Å². The Kier molecular flexibility index (Phi) is 12.5. The van der Waals surface area contributed by atoms with E-state index in [0.29, 0.717) is 102 Å². The van der Waals surface area contributed by atoms with Crippen LogP contribution in [0, 0.1) is 0 Å². The Labute approximate surface area is 411 Å². The first-order valence-electron chi connectivity index (χ1n) is 22.6. The summed E-state index contributed by atoms with van der Waals surface area (Å²) in [6.45, 7) is 0. The highest BCUT2D eigenvalue weighted by atomic mass is 32.2. The maximum absolute atomic E-state index is 15.9. The van der Waals surface area contributed by atoms with E-state index in [1.165, 1.54) is 0 Å². The lowest BCUT2D eigenvalue weighted by molar-refractivity contribution is 0.482. The number of anilines is 4. The van der Waals surface area contributed by atoms with E-state index in [1.807, 2.05) is 109 Å². The topological polar surface area (TPSA) is 175 Å². The Morgan fingerprint density at radius 2 is 0.465 bits per heavy atom. The molecule has 0 heterocycles.